The average Bonchev–Trinajstić information content (AvgIpc) is 3.19. The number of nitrogens with zero attached hydrogens (tertiary/aromatic N) is 3. The monoisotopic (exact) mass is 431 g/mol. The van der Waals surface area contributed by atoms with Gasteiger partial charge < -0.3 is 4.74 Å². The molecule has 0 saturated heterocycles. The predicted molar refractivity (Wildman–Crippen MR) is 120 cm³/mol. The molecule has 0 atom stereocenters. The molecule has 0 saturated carbocycles. The fraction of sp³-hybridized carbons (Fsp3) is 0.167. The lowest BCUT2D eigenvalue weighted by atomic mass is 9.92. The number of pyridine rings is 1. The van der Waals surface area contributed by atoms with Crippen LogP contribution in [0.2, 0.25) is 0 Å². The van der Waals surface area contributed by atoms with Crippen LogP contribution in [0.5, 0.6) is 5.75 Å². The molecule has 2 heterocycles. The lowest BCUT2D eigenvalue weighted by Gasteiger charge is -2.15. The van der Waals surface area contributed by atoms with Crippen LogP contribution in [0.3, 0.4) is 0 Å². The Labute approximate surface area is 181 Å². The van der Waals surface area contributed by atoms with Gasteiger partial charge >= 0.3 is 0 Å². The molecule has 6 nitrogen and oxygen atoms in total. The largest absolute Gasteiger partial charge is 0.496 e. The van der Waals surface area contributed by atoms with Crippen LogP contribution in [0.15, 0.2) is 59.8 Å². The predicted octanol–water partition coefficient (Wildman–Crippen LogP) is 4.75. The third-order valence-electron chi connectivity index (χ3n) is 5.48. The first-order valence-electron chi connectivity index (χ1n) is 9.66. The van der Waals surface area contributed by atoms with Crippen molar-refractivity contribution < 1.29 is 13.2 Å². The molecule has 0 aliphatic heterocycles. The highest BCUT2D eigenvalue weighted by Crippen LogP contribution is 2.37. The van der Waals surface area contributed by atoms with Gasteiger partial charge in [0.2, 0.25) is 0 Å². The molecule has 0 N–H and O–H groups in total. The summed E-state index contributed by atoms with van der Waals surface area (Å²) in [6.07, 6.45) is 3.01. The minimum Gasteiger partial charge on any atom is -0.496 e. The number of rotatable bonds is 4. The first-order chi connectivity index (χ1) is 14.8. The van der Waals surface area contributed by atoms with Gasteiger partial charge in [-0.15, -0.1) is 0 Å². The fourth-order valence-corrected chi connectivity index (χ4v) is 5.16. The number of hydrogen-bond donors (Lipinski definition) is 0. The Hall–Kier alpha value is -3.63. The van der Waals surface area contributed by atoms with E-state index in [9.17, 15) is 13.7 Å². The van der Waals surface area contributed by atoms with Gasteiger partial charge in [0.25, 0.3) is 10.0 Å². The molecule has 0 amide bonds. The van der Waals surface area contributed by atoms with Crippen molar-refractivity contribution in [1.82, 2.24) is 8.96 Å². The summed E-state index contributed by atoms with van der Waals surface area (Å²) in [6.45, 7) is 5.78. The molecule has 0 unspecified atom stereocenters. The van der Waals surface area contributed by atoms with E-state index in [1.165, 1.54) is 6.20 Å². The van der Waals surface area contributed by atoms with Crippen LogP contribution in [-0.2, 0) is 10.0 Å². The standard InChI is InChI=1S/C24H21N3O3S/c1-15-5-8-18(9-6-15)31(28,29)27-12-11-19-20(13-25)21(14-26-24(19)27)23-16(2)7-10-22(30-4)17(23)3/h5-12,14H,1-4H3. The molecule has 2 aromatic heterocycles. The number of aromatic nitrogens is 2. The molecule has 31 heavy (non-hydrogen) atoms. The van der Waals surface area contributed by atoms with Gasteiger partial charge in [-0.05, 0) is 61.7 Å². The van der Waals surface area contributed by atoms with Crippen LogP contribution in [0.4, 0.5) is 0 Å². The van der Waals surface area contributed by atoms with E-state index in [1.54, 1.807) is 43.6 Å². The second-order valence-corrected chi connectivity index (χ2v) is 9.23. The highest BCUT2D eigenvalue weighted by atomic mass is 32.2. The Bertz CT molecular complexity index is 1460. The zero-order chi connectivity index (χ0) is 22.3. The SMILES string of the molecule is COc1ccc(C)c(-c2cnc3c(ccn3S(=O)(=O)c3ccc(C)cc3)c2C#N)c1C. The summed E-state index contributed by atoms with van der Waals surface area (Å²) in [6, 6.07) is 14.3. The number of benzene rings is 2. The Morgan fingerprint density at radius 1 is 1.03 bits per heavy atom. The quantitative estimate of drug-likeness (QED) is 0.466. The summed E-state index contributed by atoms with van der Waals surface area (Å²) in [7, 11) is -2.24. The average molecular weight is 432 g/mol. The van der Waals surface area contributed by atoms with Gasteiger partial charge in [-0.2, -0.15) is 5.26 Å². The minimum atomic E-state index is -3.84. The molecule has 4 rings (SSSR count). The Kier molecular flexibility index (Phi) is 5.03. The Morgan fingerprint density at radius 3 is 2.39 bits per heavy atom. The van der Waals surface area contributed by atoms with Crippen molar-refractivity contribution in [3.8, 4) is 22.9 Å². The topological polar surface area (TPSA) is 85.0 Å². The zero-order valence-electron chi connectivity index (χ0n) is 17.7. The van der Waals surface area contributed by atoms with Crippen LogP contribution < -0.4 is 4.74 Å². The first kappa shape index (κ1) is 20.6. The lowest BCUT2D eigenvalue weighted by molar-refractivity contribution is 0.412. The van der Waals surface area contributed by atoms with E-state index in [0.29, 0.717) is 22.3 Å². The van der Waals surface area contributed by atoms with Crippen molar-refractivity contribution in [2.45, 2.75) is 25.7 Å². The van der Waals surface area contributed by atoms with E-state index in [0.717, 1.165) is 26.2 Å². The second kappa shape index (κ2) is 7.56. The summed E-state index contributed by atoms with van der Waals surface area (Å²) >= 11 is 0. The minimum absolute atomic E-state index is 0.166. The molecule has 7 heteroatoms. The number of methoxy groups -OCH3 is 1. The zero-order valence-corrected chi connectivity index (χ0v) is 18.5. The third kappa shape index (κ3) is 3.25. The normalized spacial score (nSPS) is 11.5. The summed E-state index contributed by atoms with van der Waals surface area (Å²) < 4.78 is 33.0. The van der Waals surface area contributed by atoms with Gasteiger partial charge in [-0.3, -0.25) is 0 Å². The van der Waals surface area contributed by atoms with Crippen LogP contribution >= 0.6 is 0 Å². The highest BCUT2D eigenvalue weighted by Gasteiger charge is 2.23. The van der Waals surface area contributed by atoms with E-state index in [1.807, 2.05) is 32.9 Å². The number of ether oxygens (including phenoxy) is 1. The number of hydrogen-bond acceptors (Lipinski definition) is 5. The van der Waals surface area contributed by atoms with Gasteiger partial charge in [0.15, 0.2) is 5.65 Å². The Morgan fingerprint density at radius 2 is 1.74 bits per heavy atom. The highest BCUT2D eigenvalue weighted by molar-refractivity contribution is 7.90. The molecule has 0 aliphatic carbocycles. The van der Waals surface area contributed by atoms with Crippen molar-refractivity contribution in [3.63, 3.8) is 0 Å². The van der Waals surface area contributed by atoms with Gasteiger partial charge in [0.1, 0.15) is 11.8 Å². The maximum atomic E-state index is 13.2. The summed E-state index contributed by atoms with van der Waals surface area (Å²) in [5, 5.41) is 10.5. The maximum absolute atomic E-state index is 13.2. The second-order valence-electron chi connectivity index (χ2n) is 7.41. The smallest absolute Gasteiger partial charge is 0.269 e. The van der Waals surface area contributed by atoms with Crippen LogP contribution in [0.1, 0.15) is 22.3 Å². The molecule has 0 aliphatic rings. The molecular weight excluding hydrogens is 410 g/mol. The number of fused-ring (bicyclic) bond motifs is 1. The van der Waals surface area contributed by atoms with Gasteiger partial charge in [0.05, 0.1) is 17.6 Å². The van der Waals surface area contributed by atoms with E-state index in [4.69, 9.17) is 4.74 Å². The van der Waals surface area contributed by atoms with Crippen molar-refractivity contribution in [2.75, 3.05) is 7.11 Å². The fourth-order valence-electron chi connectivity index (χ4n) is 3.85. The lowest BCUT2D eigenvalue weighted by Crippen LogP contribution is -2.12. The summed E-state index contributed by atoms with van der Waals surface area (Å²) in [4.78, 5) is 4.63. The van der Waals surface area contributed by atoms with Gasteiger partial charge in [-0.25, -0.2) is 17.4 Å². The van der Waals surface area contributed by atoms with Crippen LogP contribution in [-0.4, -0.2) is 24.5 Å². The molecule has 156 valence electrons. The summed E-state index contributed by atoms with van der Waals surface area (Å²) in [5.74, 6) is 0.712. The molecule has 0 bridgehead atoms. The maximum Gasteiger partial charge on any atom is 0.269 e. The van der Waals surface area contributed by atoms with Crippen molar-refractivity contribution in [2.24, 2.45) is 0 Å². The molecule has 2 aromatic carbocycles. The van der Waals surface area contributed by atoms with Crippen LogP contribution in [0.25, 0.3) is 22.2 Å². The molecule has 0 fully saturated rings. The van der Waals surface area contributed by atoms with Gasteiger partial charge in [0, 0.05) is 23.3 Å². The molecule has 4 aromatic rings. The molecule has 0 radical (unpaired) electrons. The van der Waals surface area contributed by atoms with E-state index >= 15 is 0 Å². The number of nitriles is 1. The van der Waals surface area contributed by atoms with Gasteiger partial charge in [-0.1, -0.05) is 23.8 Å². The van der Waals surface area contributed by atoms with Crippen molar-refractivity contribution >= 4 is 21.1 Å². The summed E-state index contributed by atoms with van der Waals surface area (Å²) in [5.41, 5.74) is 4.94. The molecular formula is C24H21N3O3S. The third-order valence-corrected chi connectivity index (χ3v) is 7.16. The van der Waals surface area contributed by atoms with Crippen molar-refractivity contribution in [1.29, 1.82) is 5.26 Å². The Balaban J connectivity index is 1.96. The first-order valence-corrected chi connectivity index (χ1v) is 11.1. The van der Waals surface area contributed by atoms with E-state index in [2.05, 4.69) is 11.1 Å². The van der Waals surface area contributed by atoms with E-state index < -0.39 is 10.0 Å². The molecule has 0 spiro atoms. The van der Waals surface area contributed by atoms with E-state index in [-0.39, 0.29) is 10.5 Å². The van der Waals surface area contributed by atoms with Crippen molar-refractivity contribution in [3.05, 3.63) is 77.1 Å². The van der Waals surface area contributed by atoms with Crippen LogP contribution in [0, 0.1) is 32.1 Å². The number of aryl methyl sites for hydroxylation is 2.